The third-order valence-corrected chi connectivity index (χ3v) is 3.08. The van der Waals surface area contributed by atoms with Crippen LogP contribution in [0.15, 0.2) is 23.6 Å². The molecule has 0 fully saturated rings. The molecule has 0 aliphatic carbocycles. The average Bonchev–Trinajstić information content (AvgIpc) is 2.64. The van der Waals surface area contributed by atoms with Crippen LogP contribution in [0.2, 0.25) is 0 Å². The summed E-state index contributed by atoms with van der Waals surface area (Å²) < 4.78 is 1.44. The number of aryl methyl sites for hydroxylation is 2. The third kappa shape index (κ3) is 1.92. The Bertz CT molecular complexity index is 349. The SMILES string of the molecule is CC.Cc1ccc(C)c2sccc12. The molecule has 0 bridgehead atoms. The lowest BCUT2D eigenvalue weighted by atomic mass is 10.1. The van der Waals surface area contributed by atoms with Crippen molar-refractivity contribution in [1.82, 2.24) is 0 Å². The Morgan fingerprint density at radius 3 is 2.15 bits per heavy atom. The molecule has 2 rings (SSSR count). The topological polar surface area (TPSA) is 0 Å². The molecule has 1 aromatic carbocycles. The van der Waals surface area contributed by atoms with E-state index in [-0.39, 0.29) is 0 Å². The fourth-order valence-corrected chi connectivity index (χ4v) is 2.29. The molecule has 0 saturated heterocycles. The standard InChI is InChI=1S/C10H10S.C2H6/c1-7-3-4-8(2)10-9(7)5-6-11-10;1-2/h3-6H,1-2H3;1-2H3. The first-order valence-corrected chi connectivity index (χ1v) is 5.60. The zero-order chi connectivity index (χ0) is 9.84. The van der Waals surface area contributed by atoms with Crippen LogP contribution in [0, 0.1) is 13.8 Å². The zero-order valence-corrected chi connectivity index (χ0v) is 9.53. The lowest BCUT2D eigenvalue weighted by Gasteiger charge is -1.97. The predicted octanol–water partition coefficient (Wildman–Crippen LogP) is 4.54. The summed E-state index contributed by atoms with van der Waals surface area (Å²) in [4.78, 5) is 0. The van der Waals surface area contributed by atoms with Gasteiger partial charge in [-0.25, -0.2) is 0 Å². The number of fused-ring (bicyclic) bond motifs is 1. The molecule has 2 aromatic rings. The highest BCUT2D eigenvalue weighted by Crippen LogP contribution is 2.26. The third-order valence-electron chi connectivity index (χ3n) is 2.03. The van der Waals surface area contributed by atoms with Crippen LogP contribution in [-0.4, -0.2) is 0 Å². The van der Waals surface area contributed by atoms with Crippen LogP contribution in [0.25, 0.3) is 10.1 Å². The molecule has 13 heavy (non-hydrogen) atoms. The van der Waals surface area contributed by atoms with Crippen molar-refractivity contribution >= 4 is 21.4 Å². The maximum atomic E-state index is 2.20. The molecule has 0 N–H and O–H groups in total. The molecule has 1 heterocycles. The molecule has 0 aliphatic rings. The van der Waals surface area contributed by atoms with Crippen LogP contribution < -0.4 is 0 Å². The van der Waals surface area contributed by atoms with Gasteiger partial charge in [0.1, 0.15) is 0 Å². The Balaban J connectivity index is 0.000000396. The van der Waals surface area contributed by atoms with Gasteiger partial charge in [0.05, 0.1) is 0 Å². The molecule has 0 nitrogen and oxygen atoms in total. The van der Waals surface area contributed by atoms with Crippen molar-refractivity contribution in [3.05, 3.63) is 34.7 Å². The molecule has 0 atom stereocenters. The van der Waals surface area contributed by atoms with E-state index in [1.54, 1.807) is 0 Å². The molecule has 1 aromatic heterocycles. The summed E-state index contributed by atoms with van der Waals surface area (Å²) in [7, 11) is 0. The molecule has 0 aliphatic heterocycles. The molecule has 0 spiro atoms. The van der Waals surface area contributed by atoms with Crippen LogP contribution in [0.1, 0.15) is 25.0 Å². The Hall–Kier alpha value is -0.820. The van der Waals surface area contributed by atoms with E-state index in [1.807, 2.05) is 25.2 Å². The maximum absolute atomic E-state index is 2.20. The maximum Gasteiger partial charge on any atom is 0.0374 e. The van der Waals surface area contributed by atoms with Crippen molar-refractivity contribution in [2.24, 2.45) is 0 Å². The summed E-state index contributed by atoms with van der Waals surface area (Å²) in [5.41, 5.74) is 2.77. The van der Waals surface area contributed by atoms with Gasteiger partial charge in [-0.1, -0.05) is 26.0 Å². The number of thiophene rings is 1. The van der Waals surface area contributed by atoms with Gasteiger partial charge in [-0.3, -0.25) is 0 Å². The van der Waals surface area contributed by atoms with Gasteiger partial charge in [0.15, 0.2) is 0 Å². The Morgan fingerprint density at radius 1 is 0.923 bits per heavy atom. The van der Waals surface area contributed by atoms with Crippen LogP contribution in [0.4, 0.5) is 0 Å². The highest BCUT2D eigenvalue weighted by molar-refractivity contribution is 7.17. The summed E-state index contributed by atoms with van der Waals surface area (Å²) in [5, 5.41) is 3.57. The first-order valence-electron chi connectivity index (χ1n) is 4.72. The number of hydrogen-bond donors (Lipinski definition) is 0. The van der Waals surface area contributed by atoms with E-state index < -0.39 is 0 Å². The highest BCUT2D eigenvalue weighted by atomic mass is 32.1. The quantitative estimate of drug-likeness (QED) is 0.574. The number of benzene rings is 1. The summed E-state index contributed by atoms with van der Waals surface area (Å²) in [6.45, 7) is 8.33. The average molecular weight is 192 g/mol. The lowest BCUT2D eigenvalue weighted by molar-refractivity contribution is 1.48. The second kappa shape index (κ2) is 4.43. The Labute approximate surface area is 84.2 Å². The minimum Gasteiger partial charge on any atom is -0.144 e. The molecule has 0 amide bonds. The smallest absolute Gasteiger partial charge is 0.0374 e. The van der Waals surface area contributed by atoms with Gasteiger partial charge in [0.25, 0.3) is 0 Å². The van der Waals surface area contributed by atoms with Crippen molar-refractivity contribution in [3.63, 3.8) is 0 Å². The van der Waals surface area contributed by atoms with Crippen LogP contribution in [0.3, 0.4) is 0 Å². The predicted molar refractivity (Wildman–Crippen MR) is 62.6 cm³/mol. The van der Waals surface area contributed by atoms with Gasteiger partial charge in [0, 0.05) is 4.70 Å². The van der Waals surface area contributed by atoms with E-state index >= 15 is 0 Å². The van der Waals surface area contributed by atoms with E-state index in [2.05, 4.69) is 37.4 Å². The first kappa shape index (κ1) is 10.3. The molecule has 0 saturated carbocycles. The lowest BCUT2D eigenvalue weighted by Crippen LogP contribution is -1.75. The van der Waals surface area contributed by atoms with Crippen molar-refractivity contribution in [1.29, 1.82) is 0 Å². The normalized spacial score (nSPS) is 9.54. The minimum atomic E-state index is 1.38. The van der Waals surface area contributed by atoms with Gasteiger partial charge in [-0.2, -0.15) is 0 Å². The van der Waals surface area contributed by atoms with E-state index in [0.29, 0.717) is 0 Å². The molecular weight excluding hydrogens is 176 g/mol. The Morgan fingerprint density at radius 2 is 1.54 bits per heavy atom. The van der Waals surface area contributed by atoms with Crippen molar-refractivity contribution in [3.8, 4) is 0 Å². The molecular formula is C12H16S. The molecule has 0 unspecified atom stereocenters. The highest BCUT2D eigenvalue weighted by Gasteiger charge is 1.99. The number of rotatable bonds is 0. The largest absolute Gasteiger partial charge is 0.144 e. The van der Waals surface area contributed by atoms with Crippen LogP contribution in [0.5, 0.6) is 0 Å². The molecule has 70 valence electrons. The second-order valence-electron chi connectivity index (χ2n) is 2.86. The molecule has 1 heteroatoms. The summed E-state index contributed by atoms with van der Waals surface area (Å²) in [5.74, 6) is 0. The van der Waals surface area contributed by atoms with Gasteiger partial charge < -0.3 is 0 Å². The van der Waals surface area contributed by atoms with Crippen LogP contribution >= 0.6 is 11.3 Å². The second-order valence-corrected chi connectivity index (χ2v) is 3.78. The summed E-state index contributed by atoms with van der Waals surface area (Å²) in [6, 6.07) is 6.57. The van der Waals surface area contributed by atoms with Crippen molar-refractivity contribution < 1.29 is 0 Å². The van der Waals surface area contributed by atoms with E-state index in [4.69, 9.17) is 0 Å². The van der Waals surface area contributed by atoms with Crippen LogP contribution in [-0.2, 0) is 0 Å². The van der Waals surface area contributed by atoms with E-state index in [0.717, 1.165) is 0 Å². The van der Waals surface area contributed by atoms with Crippen molar-refractivity contribution in [2.75, 3.05) is 0 Å². The molecule has 0 radical (unpaired) electrons. The monoisotopic (exact) mass is 192 g/mol. The minimum absolute atomic E-state index is 1.38. The van der Waals surface area contributed by atoms with Gasteiger partial charge >= 0.3 is 0 Å². The fraction of sp³-hybridized carbons (Fsp3) is 0.333. The van der Waals surface area contributed by atoms with Crippen molar-refractivity contribution in [2.45, 2.75) is 27.7 Å². The van der Waals surface area contributed by atoms with Gasteiger partial charge in [-0.05, 0) is 41.8 Å². The number of hydrogen-bond acceptors (Lipinski definition) is 1. The zero-order valence-electron chi connectivity index (χ0n) is 8.72. The summed E-state index contributed by atoms with van der Waals surface area (Å²) in [6.07, 6.45) is 0. The van der Waals surface area contributed by atoms with E-state index in [9.17, 15) is 0 Å². The van der Waals surface area contributed by atoms with Gasteiger partial charge in [-0.15, -0.1) is 11.3 Å². The Kier molecular flexibility index (Phi) is 3.49. The fourth-order valence-electron chi connectivity index (χ4n) is 1.34. The first-order chi connectivity index (χ1) is 6.29. The van der Waals surface area contributed by atoms with E-state index in [1.165, 1.54) is 21.2 Å². The summed E-state index contributed by atoms with van der Waals surface area (Å²) >= 11 is 1.83. The van der Waals surface area contributed by atoms with Gasteiger partial charge in [0.2, 0.25) is 0 Å².